The highest BCUT2D eigenvalue weighted by Crippen LogP contribution is 2.42. The summed E-state index contributed by atoms with van der Waals surface area (Å²) in [6.45, 7) is 1.58. The predicted octanol–water partition coefficient (Wildman–Crippen LogP) is -0.0154. The van der Waals surface area contributed by atoms with Gasteiger partial charge in [-0.25, -0.2) is 9.59 Å². The van der Waals surface area contributed by atoms with E-state index in [1.54, 1.807) is 4.90 Å². The summed E-state index contributed by atoms with van der Waals surface area (Å²) in [6.07, 6.45) is 2.60. The molecule has 3 fully saturated rings. The van der Waals surface area contributed by atoms with E-state index in [0.29, 0.717) is 32.2 Å². The van der Waals surface area contributed by atoms with Gasteiger partial charge < -0.3 is 24.7 Å². The van der Waals surface area contributed by atoms with Crippen LogP contribution in [0, 0.1) is 11.8 Å². The third-order valence-electron chi connectivity index (χ3n) is 5.00. The first kappa shape index (κ1) is 14.6. The molecule has 0 aromatic rings. The molecule has 3 rings (SSSR count). The van der Waals surface area contributed by atoms with Crippen LogP contribution in [-0.4, -0.2) is 77.0 Å². The largest absolute Gasteiger partial charge is 0.480 e. The number of likely N-dealkylation sites (tertiary alicyclic amines) is 1. The highest BCUT2D eigenvalue weighted by atomic mass is 16.5. The van der Waals surface area contributed by atoms with Gasteiger partial charge in [-0.1, -0.05) is 6.42 Å². The van der Waals surface area contributed by atoms with Crippen molar-refractivity contribution in [2.24, 2.45) is 11.8 Å². The lowest BCUT2D eigenvalue weighted by Crippen LogP contribution is -2.54. The molecule has 7 heteroatoms. The molecule has 0 aromatic heterocycles. The fourth-order valence-corrected chi connectivity index (χ4v) is 4.00. The van der Waals surface area contributed by atoms with Gasteiger partial charge in [-0.15, -0.1) is 0 Å². The Hall–Kier alpha value is -1.34. The maximum Gasteiger partial charge on any atom is 0.326 e. The highest BCUT2D eigenvalue weighted by Gasteiger charge is 2.50. The van der Waals surface area contributed by atoms with Crippen LogP contribution >= 0.6 is 0 Å². The van der Waals surface area contributed by atoms with Gasteiger partial charge >= 0.3 is 12.0 Å². The maximum absolute atomic E-state index is 12.7. The van der Waals surface area contributed by atoms with E-state index in [1.807, 2.05) is 0 Å². The molecule has 0 spiro atoms. The second kappa shape index (κ2) is 5.81. The van der Waals surface area contributed by atoms with Gasteiger partial charge in [-0.05, 0) is 24.7 Å². The van der Waals surface area contributed by atoms with Crippen LogP contribution in [0.2, 0.25) is 0 Å². The SMILES string of the molecule is O=C(O)C1C2CCCC2CN1C(=O)N1CCOC(CO)C1. The van der Waals surface area contributed by atoms with Crippen molar-refractivity contribution in [2.45, 2.75) is 31.4 Å². The Kier molecular flexibility index (Phi) is 4.03. The molecule has 7 nitrogen and oxygen atoms in total. The zero-order valence-electron chi connectivity index (χ0n) is 12.0. The fourth-order valence-electron chi connectivity index (χ4n) is 4.00. The molecule has 2 saturated heterocycles. The standard InChI is InChI=1S/C14H22N2O5/c17-8-10-7-15(4-5-21-10)14(20)16-6-9-2-1-3-11(9)12(16)13(18)19/h9-12,17H,1-8H2,(H,18,19). The van der Waals surface area contributed by atoms with Crippen LogP contribution in [-0.2, 0) is 9.53 Å². The number of morpholine rings is 1. The summed E-state index contributed by atoms with van der Waals surface area (Å²) in [6, 6.07) is -0.918. The van der Waals surface area contributed by atoms with Gasteiger partial charge in [0.2, 0.25) is 0 Å². The Labute approximate surface area is 123 Å². The minimum atomic E-state index is -0.898. The molecular weight excluding hydrogens is 276 g/mol. The smallest absolute Gasteiger partial charge is 0.326 e. The third kappa shape index (κ3) is 2.60. The lowest BCUT2D eigenvalue weighted by Gasteiger charge is -2.36. The molecule has 0 bridgehead atoms. The minimum absolute atomic E-state index is 0.0983. The maximum atomic E-state index is 12.7. The zero-order chi connectivity index (χ0) is 15.0. The quantitative estimate of drug-likeness (QED) is 0.748. The number of carbonyl (C=O) groups excluding carboxylic acids is 1. The zero-order valence-corrected chi connectivity index (χ0v) is 12.0. The number of carboxylic acid groups (broad SMARTS) is 1. The Balaban J connectivity index is 1.72. The van der Waals surface area contributed by atoms with Crippen molar-refractivity contribution in [1.29, 1.82) is 0 Å². The summed E-state index contributed by atoms with van der Waals surface area (Å²) < 4.78 is 5.34. The predicted molar refractivity (Wildman–Crippen MR) is 72.8 cm³/mol. The molecule has 3 aliphatic rings. The van der Waals surface area contributed by atoms with Crippen molar-refractivity contribution in [3.63, 3.8) is 0 Å². The average molecular weight is 298 g/mol. The number of carbonyl (C=O) groups is 2. The van der Waals surface area contributed by atoms with Crippen LogP contribution < -0.4 is 0 Å². The summed E-state index contributed by atoms with van der Waals surface area (Å²) in [5.74, 6) is -0.476. The van der Waals surface area contributed by atoms with Gasteiger partial charge in [0.05, 0.1) is 25.9 Å². The van der Waals surface area contributed by atoms with Crippen LogP contribution in [0.15, 0.2) is 0 Å². The molecule has 4 atom stereocenters. The molecule has 4 unspecified atom stereocenters. The van der Waals surface area contributed by atoms with Crippen LogP contribution in [0.25, 0.3) is 0 Å². The van der Waals surface area contributed by atoms with Gasteiger partial charge in [0, 0.05) is 13.1 Å². The lowest BCUT2D eigenvalue weighted by molar-refractivity contribution is -0.142. The number of ether oxygens (including phenoxy) is 1. The van der Waals surface area contributed by atoms with Gasteiger partial charge in [0.15, 0.2) is 0 Å². The molecule has 118 valence electrons. The van der Waals surface area contributed by atoms with Gasteiger partial charge in [0.1, 0.15) is 6.04 Å². The minimum Gasteiger partial charge on any atom is -0.480 e. The first-order valence-electron chi connectivity index (χ1n) is 7.62. The van der Waals surface area contributed by atoms with E-state index in [2.05, 4.69) is 0 Å². The van der Waals surface area contributed by atoms with Crippen molar-refractivity contribution < 1.29 is 24.5 Å². The number of aliphatic hydroxyl groups is 1. The Morgan fingerprint density at radius 3 is 2.76 bits per heavy atom. The topological polar surface area (TPSA) is 90.3 Å². The number of carboxylic acids is 1. The van der Waals surface area contributed by atoms with Crippen LogP contribution in [0.5, 0.6) is 0 Å². The Morgan fingerprint density at radius 1 is 1.24 bits per heavy atom. The van der Waals surface area contributed by atoms with E-state index in [-0.39, 0.29) is 24.7 Å². The van der Waals surface area contributed by atoms with Crippen molar-refractivity contribution in [2.75, 3.05) is 32.8 Å². The molecule has 2 aliphatic heterocycles. The van der Waals surface area contributed by atoms with Crippen LogP contribution in [0.1, 0.15) is 19.3 Å². The fraction of sp³-hybridized carbons (Fsp3) is 0.857. The lowest BCUT2D eigenvalue weighted by atomic mass is 9.94. The van der Waals surface area contributed by atoms with Crippen LogP contribution in [0.3, 0.4) is 0 Å². The van der Waals surface area contributed by atoms with Crippen molar-refractivity contribution in [1.82, 2.24) is 9.80 Å². The monoisotopic (exact) mass is 298 g/mol. The first-order chi connectivity index (χ1) is 10.1. The Morgan fingerprint density at radius 2 is 2.05 bits per heavy atom. The second-order valence-electron chi connectivity index (χ2n) is 6.19. The molecule has 2 amide bonds. The number of rotatable bonds is 2. The van der Waals surface area contributed by atoms with Gasteiger partial charge in [-0.2, -0.15) is 0 Å². The van der Waals surface area contributed by atoms with Crippen LogP contribution in [0.4, 0.5) is 4.79 Å². The number of aliphatic carboxylic acids is 1. The molecule has 1 aliphatic carbocycles. The van der Waals surface area contributed by atoms with Gasteiger partial charge in [-0.3, -0.25) is 0 Å². The summed E-state index contributed by atoms with van der Waals surface area (Å²) in [5.41, 5.74) is 0. The number of nitrogens with zero attached hydrogens (tertiary/aromatic N) is 2. The molecular formula is C14H22N2O5. The third-order valence-corrected chi connectivity index (χ3v) is 5.00. The summed E-state index contributed by atoms with van der Waals surface area (Å²) in [7, 11) is 0. The number of urea groups is 1. The van der Waals surface area contributed by atoms with E-state index < -0.39 is 12.0 Å². The van der Waals surface area contributed by atoms with Crippen molar-refractivity contribution in [3.8, 4) is 0 Å². The van der Waals surface area contributed by atoms with E-state index in [0.717, 1.165) is 19.3 Å². The second-order valence-corrected chi connectivity index (χ2v) is 6.19. The van der Waals surface area contributed by atoms with E-state index in [9.17, 15) is 14.7 Å². The molecule has 0 aromatic carbocycles. The first-order valence-corrected chi connectivity index (χ1v) is 7.62. The van der Waals surface area contributed by atoms with Crippen molar-refractivity contribution >= 4 is 12.0 Å². The van der Waals surface area contributed by atoms with E-state index >= 15 is 0 Å². The molecule has 21 heavy (non-hydrogen) atoms. The van der Waals surface area contributed by atoms with Gasteiger partial charge in [0.25, 0.3) is 0 Å². The number of hydrogen-bond donors (Lipinski definition) is 2. The molecule has 2 N–H and O–H groups in total. The summed E-state index contributed by atoms with van der Waals surface area (Å²) in [4.78, 5) is 27.4. The summed E-state index contributed by atoms with van der Waals surface area (Å²) in [5, 5.41) is 18.7. The molecule has 1 saturated carbocycles. The summed E-state index contributed by atoms with van der Waals surface area (Å²) >= 11 is 0. The van der Waals surface area contributed by atoms with Crippen molar-refractivity contribution in [3.05, 3.63) is 0 Å². The number of hydrogen-bond acceptors (Lipinski definition) is 4. The molecule has 0 radical (unpaired) electrons. The number of aliphatic hydroxyl groups excluding tert-OH is 1. The normalized spacial score (nSPS) is 35.9. The number of amides is 2. The number of fused-ring (bicyclic) bond motifs is 1. The highest BCUT2D eigenvalue weighted by molar-refractivity contribution is 5.84. The average Bonchev–Trinajstić information content (AvgIpc) is 3.06. The van der Waals surface area contributed by atoms with E-state index in [1.165, 1.54) is 4.90 Å². The Bertz CT molecular complexity index is 430. The molecule has 2 heterocycles. The van der Waals surface area contributed by atoms with E-state index in [4.69, 9.17) is 9.84 Å².